The van der Waals surface area contributed by atoms with Crippen LogP contribution in [0.5, 0.6) is 0 Å². The Hall–Kier alpha value is -1.88. The van der Waals surface area contributed by atoms with E-state index in [1.165, 1.54) is 6.33 Å². The molecule has 1 amide bonds. The van der Waals surface area contributed by atoms with Gasteiger partial charge in [-0.05, 0) is 38.5 Å². The van der Waals surface area contributed by atoms with Crippen LogP contribution in [0.4, 0.5) is 0 Å². The quantitative estimate of drug-likeness (QED) is 0.906. The van der Waals surface area contributed by atoms with Crippen molar-refractivity contribution in [3.63, 3.8) is 0 Å². The van der Waals surface area contributed by atoms with Crippen LogP contribution >= 0.6 is 11.6 Å². The summed E-state index contributed by atoms with van der Waals surface area (Å²) in [5, 5.41) is 10.00. The number of hydrogen-bond acceptors (Lipinski definition) is 3. The minimum atomic E-state index is -0.637. The van der Waals surface area contributed by atoms with E-state index in [9.17, 15) is 4.79 Å². The summed E-state index contributed by atoms with van der Waals surface area (Å²) in [6, 6.07) is 5.23. The largest absolute Gasteiger partial charge is 0.340 e. The summed E-state index contributed by atoms with van der Waals surface area (Å²) in [6.07, 6.45) is 1.41. The topological polar surface area (TPSA) is 70.7 Å². The summed E-state index contributed by atoms with van der Waals surface area (Å²) in [5.74, 6) is 0.405. The Morgan fingerprint density at radius 2 is 2.16 bits per heavy atom. The first-order valence-corrected chi connectivity index (χ1v) is 6.22. The van der Waals surface area contributed by atoms with Crippen LogP contribution in [0.2, 0.25) is 5.02 Å². The van der Waals surface area contributed by atoms with E-state index in [2.05, 4.69) is 20.5 Å². The smallest absolute Gasteiger partial charge is 0.252 e. The molecule has 2 aromatic rings. The van der Waals surface area contributed by atoms with Crippen LogP contribution < -0.4 is 5.32 Å². The summed E-state index contributed by atoms with van der Waals surface area (Å²) in [4.78, 5) is 16.4. The molecule has 19 heavy (non-hydrogen) atoms. The molecule has 0 fully saturated rings. The molecule has 6 heteroatoms. The third kappa shape index (κ3) is 2.93. The SMILES string of the molecule is Cc1ccc(Cl)cc1C(=O)NC(C)(C)c1ncn[nH]1. The number of amides is 1. The monoisotopic (exact) mass is 278 g/mol. The van der Waals surface area contributed by atoms with E-state index in [4.69, 9.17) is 11.6 Å². The lowest BCUT2D eigenvalue weighted by Gasteiger charge is -2.24. The highest BCUT2D eigenvalue weighted by Crippen LogP contribution is 2.19. The molecule has 0 spiro atoms. The van der Waals surface area contributed by atoms with Crippen molar-refractivity contribution < 1.29 is 4.79 Å². The summed E-state index contributed by atoms with van der Waals surface area (Å²) >= 11 is 5.92. The maximum absolute atomic E-state index is 12.3. The summed E-state index contributed by atoms with van der Waals surface area (Å²) in [6.45, 7) is 5.57. The van der Waals surface area contributed by atoms with Crippen LogP contribution in [0.25, 0.3) is 0 Å². The lowest BCUT2D eigenvalue weighted by molar-refractivity contribution is 0.0908. The van der Waals surface area contributed by atoms with Crippen molar-refractivity contribution in [3.8, 4) is 0 Å². The Morgan fingerprint density at radius 1 is 1.42 bits per heavy atom. The van der Waals surface area contributed by atoms with E-state index in [0.717, 1.165) is 5.56 Å². The molecular weight excluding hydrogens is 264 g/mol. The number of carbonyl (C=O) groups is 1. The van der Waals surface area contributed by atoms with Crippen LogP contribution in [-0.2, 0) is 5.54 Å². The molecule has 0 aliphatic rings. The van der Waals surface area contributed by atoms with E-state index in [1.54, 1.807) is 12.1 Å². The summed E-state index contributed by atoms with van der Waals surface area (Å²) in [7, 11) is 0. The van der Waals surface area contributed by atoms with Crippen LogP contribution in [0.1, 0.15) is 35.6 Å². The second-order valence-corrected chi connectivity index (χ2v) is 5.31. The molecule has 0 atom stereocenters. The minimum absolute atomic E-state index is 0.193. The number of aromatic amines is 1. The number of nitrogens with zero attached hydrogens (tertiary/aromatic N) is 2. The molecule has 2 N–H and O–H groups in total. The normalized spacial score (nSPS) is 11.4. The van der Waals surface area contributed by atoms with Gasteiger partial charge >= 0.3 is 0 Å². The predicted octanol–water partition coefficient (Wildman–Crippen LogP) is 2.43. The van der Waals surface area contributed by atoms with E-state index in [1.807, 2.05) is 26.8 Å². The van der Waals surface area contributed by atoms with Gasteiger partial charge in [0.25, 0.3) is 5.91 Å². The maximum Gasteiger partial charge on any atom is 0.252 e. The minimum Gasteiger partial charge on any atom is -0.340 e. The molecule has 0 aliphatic carbocycles. The molecule has 1 heterocycles. The van der Waals surface area contributed by atoms with E-state index in [-0.39, 0.29) is 5.91 Å². The highest BCUT2D eigenvalue weighted by Gasteiger charge is 2.26. The van der Waals surface area contributed by atoms with Gasteiger partial charge in [-0.1, -0.05) is 17.7 Å². The van der Waals surface area contributed by atoms with Crippen molar-refractivity contribution >= 4 is 17.5 Å². The summed E-state index contributed by atoms with van der Waals surface area (Å²) < 4.78 is 0. The first-order valence-electron chi connectivity index (χ1n) is 5.84. The molecule has 2 rings (SSSR count). The average molecular weight is 279 g/mol. The second-order valence-electron chi connectivity index (χ2n) is 4.87. The standard InChI is InChI=1S/C13H15ClN4O/c1-8-4-5-9(14)6-10(8)11(19)17-13(2,3)12-15-7-16-18-12/h4-7H,1-3H3,(H,17,19)(H,15,16,18). The van der Waals surface area contributed by atoms with Gasteiger partial charge in [0.05, 0.1) is 5.54 Å². The van der Waals surface area contributed by atoms with Crippen molar-refractivity contribution in [1.29, 1.82) is 0 Å². The predicted molar refractivity (Wildman–Crippen MR) is 73.1 cm³/mol. The number of carbonyl (C=O) groups excluding carboxylic acids is 1. The number of benzene rings is 1. The maximum atomic E-state index is 12.3. The fraction of sp³-hybridized carbons (Fsp3) is 0.308. The molecule has 1 aromatic heterocycles. The lowest BCUT2D eigenvalue weighted by Crippen LogP contribution is -2.42. The number of H-pyrrole nitrogens is 1. The van der Waals surface area contributed by atoms with E-state index >= 15 is 0 Å². The Balaban J connectivity index is 2.24. The zero-order valence-corrected chi connectivity index (χ0v) is 11.7. The fourth-order valence-corrected chi connectivity index (χ4v) is 1.93. The zero-order chi connectivity index (χ0) is 14.0. The van der Waals surface area contributed by atoms with E-state index in [0.29, 0.717) is 16.4 Å². The number of aromatic nitrogens is 3. The van der Waals surface area contributed by atoms with Gasteiger partial charge in [-0.25, -0.2) is 4.98 Å². The van der Waals surface area contributed by atoms with Gasteiger partial charge < -0.3 is 5.32 Å². The second kappa shape index (κ2) is 5.01. The van der Waals surface area contributed by atoms with Crippen molar-refractivity contribution in [2.24, 2.45) is 0 Å². The van der Waals surface area contributed by atoms with Gasteiger partial charge in [0.1, 0.15) is 12.2 Å². The Morgan fingerprint density at radius 3 is 2.79 bits per heavy atom. The summed E-state index contributed by atoms with van der Waals surface area (Å²) in [5.41, 5.74) is 0.790. The van der Waals surface area contributed by atoms with Crippen LogP contribution in [0.3, 0.4) is 0 Å². The molecular formula is C13H15ClN4O. The number of nitrogens with one attached hydrogen (secondary N) is 2. The van der Waals surface area contributed by atoms with Crippen molar-refractivity contribution in [2.45, 2.75) is 26.3 Å². The van der Waals surface area contributed by atoms with Crippen LogP contribution in [0.15, 0.2) is 24.5 Å². The molecule has 5 nitrogen and oxygen atoms in total. The third-order valence-electron chi connectivity index (χ3n) is 2.88. The highest BCUT2D eigenvalue weighted by atomic mass is 35.5. The van der Waals surface area contributed by atoms with Gasteiger partial charge in [0, 0.05) is 10.6 Å². The number of rotatable bonds is 3. The van der Waals surface area contributed by atoms with Crippen LogP contribution in [-0.4, -0.2) is 21.1 Å². The molecule has 100 valence electrons. The molecule has 0 saturated heterocycles. The van der Waals surface area contributed by atoms with Gasteiger partial charge in [-0.15, -0.1) is 0 Å². The molecule has 0 aliphatic heterocycles. The van der Waals surface area contributed by atoms with Crippen LogP contribution in [0, 0.1) is 6.92 Å². The zero-order valence-electron chi connectivity index (χ0n) is 11.0. The third-order valence-corrected chi connectivity index (χ3v) is 3.11. The van der Waals surface area contributed by atoms with E-state index < -0.39 is 5.54 Å². The lowest BCUT2D eigenvalue weighted by atomic mass is 10.0. The molecule has 0 unspecified atom stereocenters. The Kier molecular flexibility index (Phi) is 3.57. The van der Waals surface area contributed by atoms with Gasteiger partial charge in [0.2, 0.25) is 0 Å². The van der Waals surface area contributed by atoms with Gasteiger partial charge in [0.15, 0.2) is 0 Å². The Labute approximate surface area is 116 Å². The first-order chi connectivity index (χ1) is 8.90. The molecule has 0 bridgehead atoms. The number of hydrogen-bond donors (Lipinski definition) is 2. The van der Waals surface area contributed by atoms with Gasteiger partial charge in [-0.2, -0.15) is 5.10 Å². The van der Waals surface area contributed by atoms with Crippen molar-refractivity contribution in [3.05, 3.63) is 46.5 Å². The van der Waals surface area contributed by atoms with Crippen molar-refractivity contribution in [1.82, 2.24) is 20.5 Å². The number of halogens is 1. The molecule has 1 aromatic carbocycles. The molecule has 0 radical (unpaired) electrons. The highest BCUT2D eigenvalue weighted by molar-refractivity contribution is 6.31. The fourth-order valence-electron chi connectivity index (χ4n) is 1.76. The molecule has 0 saturated carbocycles. The van der Waals surface area contributed by atoms with Gasteiger partial charge in [-0.3, -0.25) is 9.89 Å². The Bertz CT molecular complexity index is 593. The average Bonchev–Trinajstić information content (AvgIpc) is 2.86. The first kappa shape index (κ1) is 13.5. The van der Waals surface area contributed by atoms with Crippen molar-refractivity contribution in [2.75, 3.05) is 0 Å². The number of aryl methyl sites for hydroxylation is 1.